The van der Waals surface area contributed by atoms with E-state index in [9.17, 15) is 18.0 Å². The van der Waals surface area contributed by atoms with Crippen LogP contribution in [0, 0.1) is 5.92 Å². The molecule has 7 nitrogen and oxygen atoms in total. The third-order valence-corrected chi connectivity index (χ3v) is 3.50. The molecule has 0 bridgehead atoms. The van der Waals surface area contributed by atoms with E-state index in [4.69, 9.17) is 5.11 Å². The Bertz CT molecular complexity index is 447. The molecule has 0 spiro atoms. The van der Waals surface area contributed by atoms with E-state index in [1.807, 2.05) is 20.8 Å². The average molecular weight is 322 g/mol. The SMILES string of the molecule is CCCC(CC(=O)O)NC(=O)C(CC(C)C)NS(C)(=O)=O. The Labute approximate surface area is 126 Å². The molecule has 8 heteroatoms. The number of nitrogens with one attached hydrogen (secondary N) is 2. The topological polar surface area (TPSA) is 113 Å². The van der Waals surface area contributed by atoms with Crippen LogP contribution in [0.3, 0.4) is 0 Å². The van der Waals surface area contributed by atoms with Crippen LogP contribution in [0.25, 0.3) is 0 Å². The zero-order chi connectivity index (χ0) is 16.6. The molecule has 0 aromatic rings. The number of amides is 1. The summed E-state index contributed by atoms with van der Waals surface area (Å²) in [5, 5.41) is 11.5. The fourth-order valence-corrected chi connectivity index (χ4v) is 2.74. The standard InChI is InChI=1S/C13H26N2O5S/c1-5-6-10(8-12(16)17)14-13(18)11(7-9(2)3)15-21(4,19)20/h9-11,15H,5-8H2,1-4H3,(H,14,18)(H,16,17). The van der Waals surface area contributed by atoms with Crippen LogP contribution in [-0.4, -0.2) is 43.7 Å². The molecular formula is C13H26N2O5S. The molecule has 0 aliphatic rings. The van der Waals surface area contributed by atoms with Crippen LogP contribution < -0.4 is 10.0 Å². The van der Waals surface area contributed by atoms with Crippen molar-refractivity contribution >= 4 is 21.9 Å². The van der Waals surface area contributed by atoms with E-state index in [0.717, 1.165) is 12.7 Å². The van der Waals surface area contributed by atoms with Gasteiger partial charge in [0.25, 0.3) is 0 Å². The lowest BCUT2D eigenvalue weighted by atomic mass is 10.0. The number of carboxylic acids is 1. The number of rotatable bonds is 10. The van der Waals surface area contributed by atoms with E-state index >= 15 is 0 Å². The van der Waals surface area contributed by atoms with E-state index < -0.39 is 34.0 Å². The second-order valence-corrected chi connectivity index (χ2v) is 7.44. The molecule has 0 rings (SSSR count). The van der Waals surface area contributed by atoms with Crippen LogP contribution >= 0.6 is 0 Å². The lowest BCUT2D eigenvalue weighted by Crippen LogP contribution is -2.50. The van der Waals surface area contributed by atoms with Crippen LogP contribution in [0.5, 0.6) is 0 Å². The fourth-order valence-electron chi connectivity index (χ4n) is 2.02. The summed E-state index contributed by atoms with van der Waals surface area (Å²) in [5.41, 5.74) is 0. The van der Waals surface area contributed by atoms with Gasteiger partial charge in [-0.1, -0.05) is 27.2 Å². The van der Waals surface area contributed by atoms with Gasteiger partial charge in [0.05, 0.1) is 12.7 Å². The number of carbonyl (C=O) groups is 2. The maximum absolute atomic E-state index is 12.2. The highest BCUT2D eigenvalue weighted by molar-refractivity contribution is 7.88. The summed E-state index contributed by atoms with van der Waals surface area (Å²) >= 11 is 0. The summed E-state index contributed by atoms with van der Waals surface area (Å²) in [6, 6.07) is -1.37. The van der Waals surface area contributed by atoms with Gasteiger partial charge in [-0.2, -0.15) is 0 Å². The molecule has 124 valence electrons. The van der Waals surface area contributed by atoms with E-state index in [-0.39, 0.29) is 12.3 Å². The second kappa shape index (κ2) is 8.99. The van der Waals surface area contributed by atoms with Crippen molar-refractivity contribution in [1.29, 1.82) is 0 Å². The average Bonchev–Trinajstić information content (AvgIpc) is 2.24. The molecule has 0 heterocycles. The van der Waals surface area contributed by atoms with Crippen molar-refractivity contribution in [3.8, 4) is 0 Å². The molecule has 0 aliphatic carbocycles. The molecule has 0 fully saturated rings. The lowest BCUT2D eigenvalue weighted by molar-refractivity contribution is -0.137. The van der Waals surface area contributed by atoms with E-state index in [1.165, 1.54) is 0 Å². The van der Waals surface area contributed by atoms with E-state index in [0.29, 0.717) is 12.8 Å². The van der Waals surface area contributed by atoms with Gasteiger partial charge in [0.15, 0.2) is 0 Å². The molecule has 0 aromatic carbocycles. The summed E-state index contributed by atoms with van der Waals surface area (Å²) in [7, 11) is -3.51. The Morgan fingerprint density at radius 3 is 2.19 bits per heavy atom. The summed E-state index contributed by atoms with van der Waals surface area (Å²) < 4.78 is 25.0. The minimum atomic E-state index is -3.51. The van der Waals surface area contributed by atoms with E-state index in [2.05, 4.69) is 10.0 Å². The largest absolute Gasteiger partial charge is 0.481 e. The first-order valence-corrected chi connectivity index (χ1v) is 8.93. The number of carbonyl (C=O) groups excluding carboxylic acids is 1. The van der Waals surface area contributed by atoms with Crippen LogP contribution in [-0.2, 0) is 19.6 Å². The van der Waals surface area contributed by atoms with Crippen LogP contribution in [0.2, 0.25) is 0 Å². The quantitative estimate of drug-likeness (QED) is 0.548. The van der Waals surface area contributed by atoms with Gasteiger partial charge < -0.3 is 10.4 Å². The molecule has 0 aromatic heterocycles. The van der Waals surface area contributed by atoms with Crippen LogP contribution in [0.15, 0.2) is 0 Å². The molecule has 1 amide bonds. The molecule has 0 aliphatic heterocycles. The van der Waals surface area contributed by atoms with E-state index in [1.54, 1.807) is 0 Å². The smallest absolute Gasteiger partial charge is 0.305 e. The monoisotopic (exact) mass is 322 g/mol. The van der Waals surface area contributed by atoms with Crippen molar-refractivity contribution in [2.75, 3.05) is 6.26 Å². The normalized spacial score (nSPS) is 14.7. The zero-order valence-corrected chi connectivity index (χ0v) is 13.9. The first-order chi connectivity index (χ1) is 9.55. The minimum absolute atomic E-state index is 0.124. The van der Waals surface area contributed by atoms with Gasteiger partial charge in [-0.15, -0.1) is 0 Å². The number of carboxylic acid groups (broad SMARTS) is 1. The Morgan fingerprint density at radius 1 is 1.24 bits per heavy atom. The third kappa shape index (κ3) is 10.3. The molecule has 2 unspecified atom stereocenters. The van der Waals surface area contributed by atoms with Crippen molar-refractivity contribution in [3.05, 3.63) is 0 Å². The summed E-state index contributed by atoms with van der Waals surface area (Å²) in [6.07, 6.45) is 2.43. The highest BCUT2D eigenvalue weighted by atomic mass is 32.2. The van der Waals surface area contributed by atoms with Crippen LogP contribution in [0.4, 0.5) is 0 Å². The van der Waals surface area contributed by atoms with Crippen molar-refractivity contribution in [3.63, 3.8) is 0 Å². The van der Waals surface area contributed by atoms with Crippen molar-refractivity contribution < 1.29 is 23.1 Å². The second-order valence-electron chi connectivity index (χ2n) is 5.66. The summed E-state index contributed by atoms with van der Waals surface area (Å²) in [6.45, 7) is 5.65. The van der Waals surface area contributed by atoms with Gasteiger partial charge in [-0.05, 0) is 18.8 Å². The highest BCUT2D eigenvalue weighted by Gasteiger charge is 2.25. The number of sulfonamides is 1. The first-order valence-electron chi connectivity index (χ1n) is 7.04. The predicted molar refractivity (Wildman–Crippen MR) is 80.3 cm³/mol. The Balaban J connectivity index is 4.87. The van der Waals surface area contributed by atoms with Gasteiger partial charge in [-0.3, -0.25) is 9.59 Å². The first kappa shape index (κ1) is 19.9. The number of hydrogen-bond donors (Lipinski definition) is 3. The molecule has 2 atom stereocenters. The number of aliphatic carboxylic acids is 1. The molecule has 21 heavy (non-hydrogen) atoms. The van der Waals surface area contributed by atoms with Gasteiger partial charge in [-0.25, -0.2) is 13.1 Å². The third-order valence-electron chi connectivity index (χ3n) is 2.78. The van der Waals surface area contributed by atoms with Gasteiger partial charge in [0.1, 0.15) is 6.04 Å². The van der Waals surface area contributed by atoms with Crippen LogP contribution in [0.1, 0.15) is 46.5 Å². The maximum atomic E-state index is 12.2. The molecule has 3 N–H and O–H groups in total. The maximum Gasteiger partial charge on any atom is 0.305 e. The van der Waals surface area contributed by atoms with Crippen molar-refractivity contribution in [2.45, 2.75) is 58.5 Å². The molecule has 0 saturated carbocycles. The van der Waals surface area contributed by atoms with Crippen molar-refractivity contribution in [2.24, 2.45) is 5.92 Å². The summed E-state index contributed by atoms with van der Waals surface area (Å²) in [5.74, 6) is -1.35. The fraction of sp³-hybridized carbons (Fsp3) is 0.846. The Kier molecular flexibility index (Phi) is 8.50. The lowest BCUT2D eigenvalue weighted by Gasteiger charge is -2.23. The molecule has 0 saturated heterocycles. The molecular weight excluding hydrogens is 296 g/mol. The van der Waals surface area contributed by atoms with Gasteiger partial charge in [0, 0.05) is 6.04 Å². The van der Waals surface area contributed by atoms with Gasteiger partial charge >= 0.3 is 5.97 Å². The minimum Gasteiger partial charge on any atom is -0.481 e. The van der Waals surface area contributed by atoms with Gasteiger partial charge in [0.2, 0.25) is 15.9 Å². The Hall–Kier alpha value is -1.15. The van der Waals surface area contributed by atoms with Crippen molar-refractivity contribution in [1.82, 2.24) is 10.0 Å². The Morgan fingerprint density at radius 2 is 1.81 bits per heavy atom. The zero-order valence-electron chi connectivity index (χ0n) is 13.0. The number of hydrogen-bond acceptors (Lipinski definition) is 4. The summed E-state index contributed by atoms with van der Waals surface area (Å²) in [4.78, 5) is 23.0. The molecule has 0 radical (unpaired) electrons. The predicted octanol–water partition coefficient (Wildman–Crippen LogP) is 0.710. The highest BCUT2D eigenvalue weighted by Crippen LogP contribution is 2.08.